The summed E-state index contributed by atoms with van der Waals surface area (Å²) in [5.74, 6) is -2.00. The van der Waals surface area contributed by atoms with Gasteiger partial charge in [-0.05, 0) is 49.9 Å². The second-order valence-electron chi connectivity index (χ2n) is 7.47. The quantitative estimate of drug-likeness (QED) is 0.740. The molecule has 0 spiro atoms. The Morgan fingerprint density at radius 2 is 1.48 bits per heavy atom. The summed E-state index contributed by atoms with van der Waals surface area (Å²) < 4.78 is 0. The number of carbonyl (C=O) groups excluding carboxylic acids is 3. The molecule has 0 fully saturated rings. The molecule has 6 heteroatoms. The smallest absolute Gasteiger partial charge is 0.313 e. The molecule has 0 saturated heterocycles. The van der Waals surface area contributed by atoms with E-state index in [1.807, 2.05) is 13.8 Å². The molecule has 0 bridgehead atoms. The van der Waals surface area contributed by atoms with Crippen molar-refractivity contribution in [3.63, 3.8) is 0 Å². The van der Waals surface area contributed by atoms with E-state index < -0.39 is 23.3 Å². The molecule has 0 aliphatic heterocycles. The number of nitrogens with one attached hydrogen (secondary N) is 2. The zero-order valence-corrected chi connectivity index (χ0v) is 14.3. The SMILES string of the molecule is CC(C)(C)CC(C)(C)NC(=O)C(=O)Nc1ccc(C(N)=O)cc1. The molecule has 3 amide bonds. The Hall–Kier alpha value is -2.37. The van der Waals surface area contributed by atoms with E-state index in [4.69, 9.17) is 5.73 Å². The summed E-state index contributed by atoms with van der Waals surface area (Å²) in [4.78, 5) is 35.0. The Morgan fingerprint density at radius 3 is 1.91 bits per heavy atom. The van der Waals surface area contributed by atoms with Gasteiger partial charge in [-0.1, -0.05) is 20.8 Å². The molecular formula is C17H25N3O3. The highest BCUT2D eigenvalue weighted by Gasteiger charge is 2.29. The highest BCUT2D eigenvalue weighted by Crippen LogP contribution is 2.26. The van der Waals surface area contributed by atoms with Crippen LogP contribution in [0.2, 0.25) is 0 Å². The number of nitrogens with two attached hydrogens (primary N) is 1. The summed E-state index contributed by atoms with van der Waals surface area (Å²) in [5.41, 5.74) is 5.42. The Morgan fingerprint density at radius 1 is 0.957 bits per heavy atom. The van der Waals surface area contributed by atoms with Gasteiger partial charge < -0.3 is 16.4 Å². The lowest BCUT2D eigenvalue weighted by Gasteiger charge is -2.33. The van der Waals surface area contributed by atoms with Crippen LogP contribution in [0.1, 0.15) is 51.4 Å². The van der Waals surface area contributed by atoms with E-state index in [1.165, 1.54) is 24.3 Å². The summed E-state index contributed by atoms with van der Waals surface area (Å²) >= 11 is 0. The summed E-state index contributed by atoms with van der Waals surface area (Å²) in [6.45, 7) is 9.97. The normalized spacial score (nSPS) is 11.7. The van der Waals surface area contributed by atoms with Crippen molar-refractivity contribution in [3.05, 3.63) is 29.8 Å². The van der Waals surface area contributed by atoms with Gasteiger partial charge in [-0.25, -0.2) is 0 Å². The molecule has 0 unspecified atom stereocenters. The molecule has 0 atom stereocenters. The minimum atomic E-state index is -0.751. The number of rotatable bonds is 4. The molecule has 23 heavy (non-hydrogen) atoms. The van der Waals surface area contributed by atoms with Crippen LogP contribution in [0.3, 0.4) is 0 Å². The molecule has 0 aliphatic carbocycles. The van der Waals surface area contributed by atoms with Crippen LogP contribution in [-0.2, 0) is 9.59 Å². The maximum atomic E-state index is 12.0. The van der Waals surface area contributed by atoms with Crippen LogP contribution in [0.25, 0.3) is 0 Å². The predicted octanol–water partition coefficient (Wildman–Crippen LogP) is 2.05. The van der Waals surface area contributed by atoms with Gasteiger partial charge in [-0.3, -0.25) is 14.4 Å². The largest absolute Gasteiger partial charge is 0.366 e. The molecule has 0 heterocycles. The third-order valence-electron chi connectivity index (χ3n) is 3.06. The number of hydrogen-bond donors (Lipinski definition) is 3. The summed E-state index contributed by atoms with van der Waals surface area (Å²) in [7, 11) is 0. The lowest BCUT2D eigenvalue weighted by Crippen LogP contribution is -2.49. The zero-order valence-electron chi connectivity index (χ0n) is 14.3. The molecule has 1 rings (SSSR count). The predicted molar refractivity (Wildman–Crippen MR) is 89.9 cm³/mol. The molecule has 126 valence electrons. The Labute approximate surface area is 136 Å². The van der Waals surface area contributed by atoms with Crippen LogP contribution in [0.5, 0.6) is 0 Å². The lowest BCUT2D eigenvalue weighted by atomic mass is 9.82. The number of benzene rings is 1. The molecule has 1 aromatic rings. The Bertz CT molecular complexity index is 599. The van der Waals surface area contributed by atoms with E-state index in [-0.39, 0.29) is 5.41 Å². The van der Waals surface area contributed by atoms with Crippen LogP contribution in [0, 0.1) is 5.41 Å². The van der Waals surface area contributed by atoms with Crippen molar-refractivity contribution in [2.24, 2.45) is 11.1 Å². The van der Waals surface area contributed by atoms with Crippen LogP contribution < -0.4 is 16.4 Å². The van der Waals surface area contributed by atoms with Gasteiger partial charge in [0.15, 0.2) is 0 Å². The first kappa shape index (κ1) is 18.7. The lowest BCUT2D eigenvalue weighted by molar-refractivity contribution is -0.137. The van der Waals surface area contributed by atoms with Crippen molar-refractivity contribution in [1.82, 2.24) is 5.32 Å². The molecule has 1 aromatic carbocycles. The first-order chi connectivity index (χ1) is 10.4. The maximum Gasteiger partial charge on any atom is 0.313 e. The summed E-state index contributed by atoms with van der Waals surface area (Å²) in [5, 5.41) is 5.23. The number of amides is 3. The minimum Gasteiger partial charge on any atom is -0.366 e. The van der Waals surface area contributed by atoms with Crippen molar-refractivity contribution in [2.75, 3.05) is 5.32 Å². The van der Waals surface area contributed by atoms with Crippen molar-refractivity contribution < 1.29 is 14.4 Å². The molecule has 0 aliphatic rings. The summed E-state index contributed by atoms with van der Waals surface area (Å²) in [6, 6.07) is 6.01. The third kappa shape index (κ3) is 6.50. The van der Waals surface area contributed by atoms with Gasteiger partial charge >= 0.3 is 11.8 Å². The van der Waals surface area contributed by atoms with Crippen LogP contribution >= 0.6 is 0 Å². The second-order valence-corrected chi connectivity index (χ2v) is 7.47. The number of anilines is 1. The van der Waals surface area contributed by atoms with Gasteiger partial charge in [0.2, 0.25) is 5.91 Å². The fourth-order valence-electron chi connectivity index (χ4n) is 2.64. The van der Waals surface area contributed by atoms with Gasteiger partial charge in [-0.2, -0.15) is 0 Å². The zero-order chi connectivity index (χ0) is 17.8. The first-order valence-corrected chi connectivity index (χ1v) is 7.43. The topological polar surface area (TPSA) is 101 Å². The first-order valence-electron chi connectivity index (χ1n) is 7.43. The van der Waals surface area contributed by atoms with Crippen LogP contribution in [0.15, 0.2) is 24.3 Å². The van der Waals surface area contributed by atoms with Gasteiger partial charge in [0.25, 0.3) is 0 Å². The number of carbonyl (C=O) groups is 3. The van der Waals surface area contributed by atoms with Crippen molar-refractivity contribution in [3.8, 4) is 0 Å². The van der Waals surface area contributed by atoms with Crippen LogP contribution in [-0.4, -0.2) is 23.3 Å². The number of primary amides is 1. The molecule has 0 saturated carbocycles. The Balaban J connectivity index is 2.67. The number of hydrogen-bond acceptors (Lipinski definition) is 3. The van der Waals surface area contributed by atoms with E-state index in [9.17, 15) is 14.4 Å². The third-order valence-corrected chi connectivity index (χ3v) is 3.06. The molecule has 4 N–H and O–H groups in total. The highest BCUT2D eigenvalue weighted by atomic mass is 16.2. The van der Waals surface area contributed by atoms with Crippen molar-refractivity contribution in [2.45, 2.75) is 46.6 Å². The average Bonchev–Trinajstić information content (AvgIpc) is 2.35. The minimum absolute atomic E-state index is 0.0256. The van der Waals surface area contributed by atoms with Gasteiger partial charge in [0, 0.05) is 16.8 Å². The molecular weight excluding hydrogens is 294 g/mol. The van der Waals surface area contributed by atoms with E-state index in [0.29, 0.717) is 11.3 Å². The van der Waals surface area contributed by atoms with Crippen LogP contribution in [0.4, 0.5) is 5.69 Å². The van der Waals surface area contributed by atoms with Gasteiger partial charge in [0.05, 0.1) is 0 Å². The van der Waals surface area contributed by atoms with Crippen molar-refractivity contribution >= 4 is 23.4 Å². The van der Waals surface area contributed by atoms with E-state index >= 15 is 0 Å². The maximum absolute atomic E-state index is 12.0. The molecule has 0 aromatic heterocycles. The fourth-order valence-corrected chi connectivity index (χ4v) is 2.64. The van der Waals surface area contributed by atoms with E-state index in [2.05, 4.69) is 31.4 Å². The van der Waals surface area contributed by atoms with Gasteiger partial charge in [0.1, 0.15) is 0 Å². The fraction of sp³-hybridized carbons (Fsp3) is 0.471. The Kier molecular flexibility index (Phi) is 5.53. The highest BCUT2D eigenvalue weighted by molar-refractivity contribution is 6.39. The standard InChI is InChI=1S/C17H25N3O3/c1-16(2,3)10-17(4,5)20-15(23)14(22)19-12-8-6-11(7-9-12)13(18)21/h6-9H,10H2,1-5H3,(H2,18,21)(H,19,22)(H,20,23). The average molecular weight is 319 g/mol. The molecule has 0 radical (unpaired) electrons. The van der Waals surface area contributed by atoms with Gasteiger partial charge in [-0.15, -0.1) is 0 Å². The monoisotopic (exact) mass is 319 g/mol. The second kappa shape index (κ2) is 6.81. The van der Waals surface area contributed by atoms with E-state index in [1.54, 1.807) is 0 Å². The summed E-state index contributed by atoms with van der Waals surface area (Å²) in [6.07, 6.45) is 0.729. The van der Waals surface area contributed by atoms with E-state index in [0.717, 1.165) is 6.42 Å². The van der Waals surface area contributed by atoms with Crippen molar-refractivity contribution in [1.29, 1.82) is 0 Å². The molecule has 6 nitrogen and oxygen atoms in total.